The molecule has 120 valence electrons. The van der Waals surface area contributed by atoms with Crippen molar-refractivity contribution in [3.63, 3.8) is 0 Å². The maximum absolute atomic E-state index is 6.14. The molecule has 0 radical (unpaired) electrons. The lowest BCUT2D eigenvalue weighted by molar-refractivity contribution is -0.170. The molecule has 0 aromatic heterocycles. The van der Waals surface area contributed by atoms with Gasteiger partial charge in [0.25, 0.3) is 0 Å². The molecule has 0 bridgehead atoms. The summed E-state index contributed by atoms with van der Waals surface area (Å²) in [4.78, 5) is 0. The molecule has 20 heavy (non-hydrogen) atoms. The van der Waals surface area contributed by atoms with Gasteiger partial charge in [-0.3, -0.25) is 0 Å². The molecule has 4 atom stereocenters. The maximum atomic E-state index is 6.14. The summed E-state index contributed by atoms with van der Waals surface area (Å²) in [6.07, 6.45) is 4.02. The van der Waals surface area contributed by atoms with Gasteiger partial charge in [0, 0.05) is 13.2 Å². The fourth-order valence-electron chi connectivity index (χ4n) is 2.75. The summed E-state index contributed by atoms with van der Waals surface area (Å²) < 4.78 is 17.1. The molecule has 0 aromatic carbocycles. The predicted octanol–water partition coefficient (Wildman–Crippen LogP) is 2.61. The molecular weight excluding hydrogens is 254 g/mol. The first-order valence-electron chi connectivity index (χ1n) is 8.07. The van der Waals surface area contributed by atoms with E-state index < -0.39 is 0 Å². The zero-order valence-corrected chi connectivity index (χ0v) is 13.9. The molecule has 1 N–H and O–H groups in total. The van der Waals surface area contributed by atoms with Gasteiger partial charge in [-0.1, -0.05) is 20.8 Å². The van der Waals surface area contributed by atoms with Crippen LogP contribution in [0.3, 0.4) is 0 Å². The van der Waals surface area contributed by atoms with Gasteiger partial charge in [-0.15, -0.1) is 0 Å². The van der Waals surface area contributed by atoms with Crippen LogP contribution < -0.4 is 5.32 Å². The lowest BCUT2D eigenvalue weighted by Crippen LogP contribution is -2.61. The van der Waals surface area contributed by atoms with Gasteiger partial charge in [0.2, 0.25) is 0 Å². The van der Waals surface area contributed by atoms with Crippen LogP contribution in [0, 0.1) is 5.92 Å². The minimum atomic E-state index is 0.173. The Kier molecular flexibility index (Phi) is 8.69. The molecule has 4 unspecified atom stereocenters. The van der Waals surface area contributed by atoms with Gasteiger partial charge >= 0.3 is 0 Å². The van der Waals surface area contributed by atoms with E-state index in [-0.39, 0.29) is 12.2 Å². The van der Waals surface area contributed by atoms with E-state index in [4.69, 9.17) is 14.2 Å². The Morgan fingerprint density at radius 2 is 1.95 bits per heavy atom. The van der Waals surface area contributed by atoms with E-state index >= 15 is 0 Å². The fourth-order valence-corrected chi connectivity index (χ4v) is 2.75. The Morgan fingerprint density at radius 3 is 2.55 bits per heavy atom. The van der Waals surface area contributed by atoms with E-state index in [2.05, 4.69) is 33.0 Å². The van der Waals surface area contributed by atoms with Crippen LogP contribution in [0.25, 0.3) is 0 Å². The van der Waals surface area contributed by atoms with Crippen molar-refractivity contribution in [1.82, 2.24) is 5.32 Å². The Morgan fingerprint density at radius 1 is 1.20 bits per heavy atom. The van der Waals surface area contributed by atoms with Crippen LogP contribution in [-0.4, -0.2) is 51.2 Å². The van der Waals surface area contributed by atoms with Crippen LogP contribution in [0.5, 0.6) is 0 Å². The molecule has 1 saturated carbocycles. The molecular formula is C16H33NO3. The molecule has 1 fully saturated rings. The largest absolute Gasteiger partial charge is 0.382 e. The molecule has 0 amide bonds. The SMILES string of the molecule is CCCNC1CC(OC(C)CC(C)C)C1OCCOC. The molecule has 1 aliphatic carbocycles. The van der Waals surface area contributed by atoms with E-state index in [1.807, 2.05) is 0 Å². The van der Waals surface area contributed by atoms with Crippen LogP contribution >= 0.6 is 0 Å². The highest BCUT2D eigenvalue weighted by Gasteiger charge is 2.43. The van der Waals surface area contributed by atoms with Crippen LogP contribution in [0.15, 0.2) is 0 Å². The summed E-state index contributed by atoms with van der Waals surface area (Å²) >= 11 is 0. The first-order chi connectivity index (χ1) is 9.58. The Labute approximate surface area is 124 Å². The van der Waals surface area contributed by atoms with Gasteiger partial charge in [0.15, 0.2) is 0 Å². The Balaban J connectivity index is 2.36. The van der Waals surface area contributed by atoms with Gasteiger partial charge in [0.1, 0.15) is 0 Å². The molecule has 0 aliphatic heterocycles. The number of rotatable bonds is 11. The number of hydrogen-bond donors (Lipinski definition) is 1. The smallest absolute Gasteiger partial charge is 0.0991 e. The summed E-state index contributed by atoms with van der Waals surface area (Å²) in [6, 6.07) is 0.433. The minimum Gasteiger partial charge on any atom is -0.382 e. The highest BCUT2D eigenvalue weighted by molar-refractivity contribution is 4.97. The van der Waals surface area contributed by atoms with Crippen molar-refractivity contribution in [2.24, 2.45) is 5.92 Å². The summed E-state index contributed by atoms with van der Waals surface area (Å²) in [5.41, 5.74) is 0. The summed E-state index contributed by atoms with van der Waals surface area (Å²) in [7, 11) is 1.70. The lowest BCUT2D eigenvalue weighted by Gasteiger charge is -2.45. The Hall–Kier alpha value is -0.160. The van der Waals surface area contributed by atoms with Crippen molar-refractivity contribution >= 4 is 0 Å². The van der Waals surface area contributed by atoms with Crippen molar-refractivity contribution in [3.8, 4) is 0 Å². The molecule has 4 nitrogen and oxygen atoms in total. The van der Waals surface area contributed by atoms with Gasteiger partial charge in [-0.25, -0.2) is 0 Å². The monoisotopic (exact) mass is 287 g/mol. The van der Waals surface area contributed by atoms with E-state index in [9.17, 15) is 0 Å². The molecule has 1 aliphatic rings. The zero-order valence-electron chi connectivity index (χ0n) is 13.9. The second-order valence-corrected chi connectivity index (χ2v) is 6.24. The zero-order chi connectivity index (χ0) is 15.0. The summed E-state index contributed by atoms with van der Waals surface area (Å²) in [6.45, 7) is 11.2. The lowest BCUT2D eigenvalue weighted by atomic mass is 9.84. The topological polar surface area (TPSA) is 39.7 Å². The van der Waals surface area contributed by atoms with Crippen LogP contribution in [0.4, 0.5) is 0 Å². The molecule has 1 rings (SSSR count). The molecule has 0 heterocycles. The number of ether oxygens (including phenoxy) is 3. The molecule has 0 saturated heterocycles. The standard InChI is InChI=1S/C16H33NO3/c1-6-7-17-14-11-15(16(14)19-9-8-18-5)20-13(4)10-12(2)3/h12-17H,6-11H2,1-5H3. The number of nitrogens with one attached hydrogen (secondary N) is 1. The van der Waals surface area contributed by atoms with E-state index in [0.717, 1.165) is 25.8 Å². The van der Waals surface area contributed by atoms with Gasteiger partial charge in [-0.05, 0) is 38.6 Å². The van der Waals surface area contributed by atoms with E-state index in [1.54, 1.807) is 7.11 Å². The number of methoxy groups -OCH3 is 1. The average Bonchev–Trinajstić information content (AvgIpc) is 2.37. The van der Waals surface area contributed by atoms with Crippen LogP contribution in [0.2, 0.25) is 0 Å². The van der Waals surface area contributed by atoms with Crippen LogP contribution in [0.1, 0.15) is 47.0 Å². The fraction of sp³-hybridized carbons (Fsp3) is 1.00. The first kappa shape index (κ1) is 17.9. The Bertz CT molecular complexity index is 248. The molecule has 0 aromatic rings. The van der Waals surface area contributed by atoms with Crippen molar-refractivity contribution in [2.45, 2.75) is 71.3 Å². The molecule has 0 spiro atoms. The van der Waals surface area contributed by atoms with Crippen molar-refractivity contribution in [3.05, 3.63) is 0 Å². The third-order valence-electron chi connectivity index (χ3n) is 3.71. The highest BCUT2D eigenvalue weighted by Crippen LogP contribution is 2.29. The third kappa shape index (κ3) is 6.08. The minimum absolute atomic E-state index is 0.173. The number of hydrogen-bond acceptors (Lipinski definition) is 4. The first-order valence-corrected chi connectivity index (χ1v) is 8.07. The molecule has 4 heteroatoms. The second kappa shape index (κ2) is 9.72. The van der Waals surface area contributed by atoms with Crippen molar-refractivity contribution in [1.29, 1.82) is 0 Å². The summed E-state index contributed by atoms with van der Waals surface area (Å²) in [5.74, 6) is 0.673. The van der Waals surface area contributed by atoms with Gasteiger partial charge in [0.05, 0.1) is 31.5 Å². The highest BCUT2D eigenvalue weighted by atomic mass is 16.6. The summed E-state index contributed by atoms with van der Waals surface area (Å²) in [5, 5.41) is 3.54. The second-order valence-electron chi connectivity index (χ2n) is 6.24. The van der Waals surface area contributed by atoms with E-state index in [1.165, 1.54) is 0 Å². The normalized spacial score (nSPS) is 27.6. The van der Waals surface area contributed by atoms with Gasteiger partial charge < -0.3 is 19.5 Å². The van der Waals surface area contributed by atoms with E-state index in [0.29, 0.717) is 31.3 Å². The van der Waals surface area contributed by atoms with Crippen molar-refractivity contribution < 1.29 is 14.2 Å². The predicted molar refractivity (Wildman–Crippen MR) is 82.1 cm³/mol. The third-order valence-corrected chi connectivity index (χ3v) is 3.71. The maximum Gasteiger partial charge on any atom is 0.0991 e. The average molecular weight is 287 g/mol. The van der Waals surface area contributed by atoms with Crippen molar-refractivity contribution in [2.75, 3.05) is 26.9 Å². The van der Waals surface area contributed by atoms with Crippen LogP contribution in [-0.2, 0) is 14.2 Å². The quantitative estimate of drug-likeness (QED) is 0.593. The van der Waals surface area contributed by atoms with Gasteiger partial charge in [-0.2, -0.15) is 0 Å².